The Morgan fingerprint density at radius 3 is 1.20 bits per heavy atom. The number of hydrogen-bond donors (Lipinski definition) is 0. The maximum absolute atomic E-state index is 8.56. The molecule has 0 aromatic carbocycles. The van der Waals surface area contributed by atoms with Crippen molar-refractivity contribution in [2.24, 2.45) is 0 Å². The Kier molecular flexibility index (Phi) is 40.4. The molecule has 0 saturated carbocycles. The molecule has 5 heteroatoms. The van der Waals surface area contributed by atoms with Crippen LogP contribution in [-0.2, 0) is 47.9 Å². The molecule has 0 aromatic heterocycles. The van der Waals surface area contributed by atoms with Gasteiger partial charge in [-0.3, -0.25) is 0 Å². The van der Waals surface area contributed by atoms with Crippen LogP contribution < -0.4 is 0 Å². The summed E-state index contributed by atoms with van der Waals surface area (Å²) in [6, 6.07) is 0. The van der Waals surface area contributed by atoms with Crippen molar-refractivity contribution in [3.8, 4) is 0 Å². The van der Waals surface area contributed by atoms with Crippen molar-refractivity contribution in [1.29, 1.82) is 0 Å². The van der Waals surface area contributed by atoms with E-state index in [0.717, 1.165) is 20.4 Å². The van der Waals surface area contributed by atoms with Crippen LogP contribution in [0.4, 0.5) is 0 Å². The summed E-state index contributed by atoms with van der Waals surface area (Å²) in [6.07, 6.45) is 0. The van der Waals surface area contributed by atoms with Crippen molar-refractivity contribution in [3.63, 3.8) is 0 Å². The molecule has 5 heavy (non-hydrogen) atoms. The molecule has 0 rings (SSSR count). The third-order valence-electron chi connectivity index (χ3n) is 0. The van der Waals surface area contributed by atoms with Crippen LogP contribution in [-0.4, -0.2) is 0 Å². The van der Waals surface area contributed by atoms with Crippen LogP contribution in [0.1, 0.15) is 0 Å². The fraction of sp³-hybridized carbons (Fsp3) is 0. The summed E-state index contributed by atoms with van der Waals surface area (Å²) in [4.78, 5) is 0. The SMILES string of the molecule is [O]=[Ti].[O]=[Zn]=[O]. The predicted molar refractivity (Wildman–Crippen MR) is 2.06 cm³/mol. The zero-order valence-electron chi connectivity index (χ0n) is 2.43. The Hall–Kier alpha value is 0.738. The third kappa shape index (κ3) is 65.3. The summed E-state index contributed by atoms with van der Waals surface area (Å²) in [5.41, 5.74) is 0. The van der Waals surface area contributed by atoms with E-state index >= 15 is 0 Å². The molecule has 0 aliphatic carbocycles. The van der Waals surface area contributed by atoms with Gasteiger partial charge < -0.3 is 0 Å². The van der Waals surface area contributed by atoms with Gasteiger partial charge in [0.25, 0.3) is 0 Å². The molecule has 0 bridgehead atoms. The van der Waals surface area contributed by atoms with Gasteiger partial charge in [-0.05, 0) is 0 Å². The van der Waals surface area contributed by atoms with Gasteiger partial charge in [-0.2, -0.15) is 0 Å². The van der Waals surface area contributed by atoms with Gasteiger partial charge in [-0.1, -0.05) is 0 Å². The molecule has 0 saturated heterocycles. The average molecular weight is 161 g/mol. The first-order chi connectivity index (χ1) is 2.41. The molecule has 0 fully saturated rings. The second kappa shape index (κ2) is 21.9. The summed E-state index contributed by atoms with van der Waals surface area (Å²) < 4.78 is 25.4. The molecular weight excluding hydrogens is 161 g/mol. The van der Waals surface area contributed by atoms with Crippen molar-refractivity contribution in [2.45, 2.75) is 0 Å². The summed E-state index contributed by atoms with van der Waals surface area (Å²) in [6.45, 7) is 0. The van der Waals surface area contributed by atoms with Crippen LogP contribution in [0.3, 0.4) is 0 Å². The average Bonchev–Trinajstić information content (AvgIpc) is 1.46. The molecule has 0 aliphatic rings. The van der Waals surface area contributed by atoms with Crippen molar-refractivity contribution >= 4 is 0 Å². The number of hydrogen-bond acceptors (Lipinski definition) is 3. The summed E-state index contributed by atoms with van der Waals surface area (Å²) in [7, 11) is 0. The molecule has 0 N–H and O–H groups in total. The van der Waals surface area contributed by atoms with E-state index in [9.17, 15) is 0 Å². The zero-order chi connectivity index (χ0) is 4.71. The first-order valence-corrected chi connectivity index (χ1v) is 3.84. The van der Waals surface area contributed by atoms with E-state index in [0.29, 0.717) is 0 Å². The van der Waals surface area contributed by atoms with Crippen molar-refractivity contribution in [2.75, 3.05) is 0 Å². The van der Waals surface area contributed by atoms with E-state index in [1.807, 2.05) is 0 Å². The minimum atomic E-state index is -2.38. The molecule has 0 atom stereocenters. The maximum atomic E-state index is 8.56. The zero-order valence-corrected chi connectivity index (χ0v) is 6.96. The van der Waals surface area contributed by atoms with Gasteiger partial charge >= 0.3 is 47.9 Å². The molecule has 0 aliphatic heterocycles. The van der Waals surface area contributed by atoms with Crippen LogP contribution in [0.15, 0.2) is 0 Å². The summed E-state index contributed by atoms with van der Waals surface area (Å²) in [5.74, 6) is 0. The Morgan fingerprint density at radius 1 is 1.20 bits per heavy atom. The molecule has 0 amide bonds. The van der Waals surface area contributed by atoms with Gasteiger partial charge in [0.15, 0.2) is 0 Å². The van der Waals surface area contributed by atoms with Gasteiger partial charge in [0.05, 0.1) is 0 Å². The van der Waals surface area contributed by atoms with Crippen LogP contribution in [0, 0.1) is 0 Å². The first-order valence-electron chi connectivity index (χ1n) is 0.781. The normalized spacial score (nSPS) is 4.60. The van der Waals surface area contributed by atoms with Crippen LogP contribution in [0.25, 0.3) is 0 Å². The van der Waals surface area contributed by atoms with E-state index in [-0.39, 0.29) is 0 Å². The molecule has 0 radical (unpaired) electrons. The minimum absolute atomic E-state index is 0.750. The summed E-state index contributed by atoms with van der Waals surface area (Å²) >= 11 is -1.62. The van der Waals surface area contributed by atoms with E-state index in [1.165, 1.54) is 0 Å². The quantitative estimate of drug-likeness (QED) is 0.456. The first kappa shape index (κ1) is 9.22. The van der Waals surface area contributed by atoms with Gasteiger partial charge in [-0.25, -0.2) is 0 Å². The number of rotatable bonds is 0. The second-order valence-electron chi connectivity index (χ2n) is 0.118. The van der Waals surface area contributed by atoms with E-state index in [2.05, 4.69) is 0 Å². The van der Waals surface area contributed by atoms with Crippen molar-refractivity contribution in [3.05, 3.63) is 0 Å². The van der Waals surface area contributed by atoms with Crippen LogP contribution in [0.5, 0.6) is 0 Å². The second-order valence-corrected chi connectivity index (χ2v) is 0.612. The Labute approximate surface area is 48.0 Å². The third-order valence-corrected chi connectivity index (χ3v) is 0. The van der Waals surface area contributed by atoms with Gasteiger partial charge in [0, 0.05) is 0 Å². The fourth-order valence-corrected chi connectivity index (χ4v) is 0. The fourth-order valence-electron chi connectivity index (χ4n) is 0. The predicted octanol–water partition coefficient (Wildman–Crippen LogP) is -0.361. The Balaban J connectivity index is 0. The molecule has 0 heterocycles. The molecule has 0 unspecified atom stereocenters. The van der Waals surface area contributed by atoms with Crippen LogP contribution >= 0.6 is 0 Å². The van der Waals surface area contributed by atoms with Crippen LogP contribution in [0.2, 0.25) is 0 Å². The van der Waals surface area contributed by atoms with E-state index < -0.39 is 17.0 Å². The van der Waals surface area contributed by atoms with E-state index in [4.69, 9.17) is 10.5 Å². The molecule has 0 spiro atoms. The Bertz CT molecular complexity index is 36.2. The molecule has 3 nitrogen and oxygen atoms in total. The van der Waals surface area contributed by atoms with Crippen molar-refractivity contribution in [1.82, 2.24) is 0 Å². The Morgan fingerprint density at radius 2 is 1.20 bits per heavy atom. The topological polar surface area (TPSA) is 51.2 Å². The standard InChI is InChI=1S/3O.Ti.Zn. The van der Waals surface area contributed by atoms with E-state index in [1.54, 1.807) is 0 Å². The van der Waals surface area contributed by atoms with Gasteiger partial charge in [0.2, 0.25) is 0 Å². The van der Waals surface area contributed by atoms with Crippen molar-refractivity contribution < 1.29 is 47.9 Å². The van der Waals surface area contributed by atoms with Gasteiger partial charge in [0.1, 0.15) is 0 Å². The molecular formula is O3TiZn. The molecule has 24 valence electrons. The molecule has 0 aromatic rings. The van der Waals surface area contributed by atoms with Gasteiger partial charge in [-0.15, -0.1) is 0 Å². The summed E-state index contributed by atoms with van der Waals surface area (Å²) in [5, 5.41) is 0. The monoisotopic (exact) mass is 160 g/mol.